The molecule has 116 valence electrons. The van der Waals surface area contributed by atoms with Gasteiger partial charge in [0.2, 0.25) is 4.96 Å². The zero-order chi connectivity index (χ0) is 16.1. The van der Waals surface area contributed by atoms with Gasteiger partial charge in [0.25, 0.3) is 0 Å². The van der Waals surface area contributed by atoms with E-state index in [1.54, 1.807) is 11.3 Å². The molecule has 5 nitrogen and oxygen atoms in total. The maximum absolute atomic E-state index is 4.78. The predicted molar refractivity (Wildman–Crippen MR) is 95.2 cm³/mol. The zero-order valence-electron chi connectivity index (χ0n) is 12.9. The molecule has 0 amide bonds. The maximum atomic E-state index is 4.78. The standard InChI is InChI=1S/C18H13N5S/c1-12-20-23-11-14(19-18(23)24-12)16-15-9-5-6-10-22(15)21-17(16)13-7-3-2-4-8-13/h2-11H,1H3. The molecule has 0 saturated heterocycles. The highest BCUT2D eigenvalue weighted by atomic mass is 32.1. The number of rotatable bonds is 2. The third kappa shape index (κ3) is 1.97. The van der Waals surface area contributed by atoms with E-state index in [0.29, 0.717) is 0 Å². The van der Waals surface area contributed by atoms with Crippen molar-refractivity contribution in [1.82, 2.24) is 24.2 Å². The van der Waals surface area contributed by atoms with Gasteiger partial charge in [-0.1, -0.05) is 47.7 Å². The Bertz CT molecular complexity index is 1130. The summed E-state index contributed by atoms with van der Waals surface area (Å²) >= 11 is 1.59. The highest BCUT2D eigenvalue weighted by molar-refractivity contribution is 7.16. The summed E-state index contributed by atoms with van der Waals surface area (Å²) in [5.41, 5.74) is 4.99. The Hall–Kier alpha value is -2.99. The van der Waals surface area contributed by atoms with Gasteiger partial charge in [0.1, 0.15) is 10.7 Å². The summed E-state index contributed by atoms with van der Waals surface area (Å²) in [7, 11) is 0. The van der Waals surface area contributed by atoms with Crippen LogP contribution in [0.4, 0.5) is 0 Å². The molecule has 0 fully saturated rings. The molecule has 0 N–H and O–H groups in total. The summed E-state index contributed by atoms with van der Waals surface area (Å²) < 4.78 is 3.75. The van der Waals surface area contributed by atoms with E-state index in [0.717, 1.165) is 38.0 Å². The molecule has 0 aliphatic rings. The second-order valence-corrected chi connectivity index (χ2v) is 6.75. The van der Waals surface area contributed by atoms with Crippen molar-refractivity contribution in [2.45, 2.75) is 6.92 Å². The fraction of sp³-hybridized carbons (Fsp3) is 0.0556. The van der Waals surface area contributed by atoms with Crippen LogP contribution in [0.2, 0.25) is 0 Å². The third-order valence-electron chi connectivity index (χ3n) is 3.99. The van der Waals surface area contributed by atoms with Gasteiger partial charge in [-0.3, -0.25) is 0 Å². The summed E-state index contributed by atoms with van der Waals surface area (Å²) in [4.78, 5) is 5.68. The van der Waals surface area contributed by atoms with E-state index in [9.17, 15) is 0 Å². The van der Waals surface area contributed by atoms with E-state index in [1.165, 1.54) is 0 Å². The normalized spacial score (nSPS) is 11.5. The van der Waals surface area contributed by atoms with Gasteiger partial charge in [0, 0.05) is 11.8 Å². The molecular formula is C18H13N5S. The molecule has 0 aliphatic heterocycles. The van der Waals surface area contributed by atoms with Crippen molar-refractivity contribution >= 4 is 21.8 Å². The first-order chi connectivity index (χ1) is 11.8. The van der Waals surface area contributed by atoms with E-state index in [4.69, 9.17) is 10.1 Å². The van der Waals surface area contributed by atoms with E-state index in [1.807, 2.05) is 58.7 Å². The lowest BCUT2D eigenvalue weighted by Gasteiger charge is -2.00. The summed E-state index contributed by atoms with van der Waals surface area (Å²) in [5, 5.41) is 10.3. The molecule has 0 aliphatic carbocycles. The van der Waals surface area contributed by atoms with Gasteiger partial charge >= 0.3 is 0 Å². The molecule has 0 radical (unpaired) electrons. The van der Waals surface area contributed by atoms with E-state index >= 15 is 0 Å². The maximum Gasteiger partial charge on any atom is 0.212 e. The summed E-state index contributed by atoms with van der Waals surface area (Å²) in [6.45, 7) is 1.99. The molecule has 5 rings (SSSR count). The van der Waals surface area contributed by atoms with Crippen molar-refractivity contribution < 1.29 is 0 Å². The minimum absolute atomic E-state index is 0.897. The van der Waals surface area contributed by atoms with Gasteiger partial charge in [-0.25, -0.2) is 14.0 Å². The smallest absolute Gasteiger partial charge is 0.212 e. The monoisotopic (exact) mass is 331 g/mol. The summed E-state index contributed by atoms with van der Waals surface area (Å²) in [6.07, 6.45) is 3.95. The summed E-state index contributed by atoms with van der Waals surface area (Å²) in [6, 6.07) is 16.3. The quantitative estimate of drug-likeness (QED) is 0.490. The first kappa shape index (κ1) is 13.4. The summed E-state index contributed by atoms with van der Waals surface area (Å²) in [5.74, 6) is 0. The largest absolute Gasteiger partial charge is 0.240 e. The number of aryl methyl sites for hydroxylation is 1. The van der Waals surface area contributed by atoms with Gasteiger partial charge in [0.05, 0.1) is 23.0 Å². The predicted octanol–water partition coefficient (Wildman–Crippen LogP) is 4.08. The van der Waals surface area contributed by atoms with E-state index in [2.05, 4.69) is 23.3 Å². The minimum Gasteiger partial charge on any atom is -0.240 e. The topological polar surface area (TPSA) is 47.5 Å². The van der Waals surface area contributed by atoms with Gasteiger partial charge in [-0.05, 0) is 19.1 Å². The Morgan fingerprint density at radius 2 is 1.75 bits per heavy atom. The second kappa shape index (κ2) is 5.01. The Kier molecular flexibility index (Phi) is 2.80. The lowest BCUT2D eigenvalue weighted by Crippen LogP contribution is -1.84. The van der Waals surface area contributed by atoms with Crippen molar-refractivity contribution in [2.75, 3.05) is 0 Å². The molecule has 0 unspecified atom stereocenters. The van der Waals surface area contributed by atoms with Crippen molar-refractivity contribution in [1.29, 1.82) is 0 Å². The first-order valence-corrected chi connectivity index (χ1v) is 8.47. The number of nitrogens with zero attached hydrogens (tertiary/aromatic N) is 5. The van der Waals surface area contributed by atoms with Crippen LogP contribution in [0.5, 0.6) is 0 Å². The van der Waals surface area contributed by atoms with Crippen LogP contribution in [-0.2, 0) is 0 Å². The molecule has 5 aromatic rings. The van der Waals surface area contributed by atoms with E-state index < -0.39 is 0 Å². The van der Waals surface area contributed by atoms with Crippen LogP contribution < -0.4 is 0 Å². The molecule has 0 spiro atoms. The first-order valence-electron chi connectivity index (χ1n) is 7.65. The van der Waals surface area contributed by atoms with Crippen LogP contribution in [0.1, 0.15) is 5.01 Å². The van der Waals surface area contributed by atoms with Crippen LogP contribution in [-0.4, -0.2) is 24.2 Å². The van der Waals surface area contributed by atoms with Crippen LogP contribution in [0.15, 0.2) is 60.9 Å². The van der Waals surface area contributed by atoms with Crippen molar-refractivity contribution in [2.24, 2.45) is 0 Å². The fourth-order valence-corrected chi connectivity index (χ4v) is 3.69. The lowest BCUT2D eigenvalue weighted by atomic mass is 10.0. The average molecular weight is 331 g/mol. The fourth-order valence-electron chi connectivity index (χ4n) is 2.97. The SMILES string of the molecule is Cc1nn2cc(-c3c(-c4ccccc4)nn4ccccc34)nc2s1. The molecule has 1 aromatic carbocycles. The van der Waals surface area contributed by atoms with E-state index in [-0.39, 0.29) is 0 Å². The van der Waals surface area contributed by atoms with Crippen LogP contribution in [0, 0.1) is 6.92 Å². The molecular weight excluding hydrogens is 318 g/mol. The molecule has 24 heavy (non-hydrogen) atoms. The number of aromatic nitrogens is 5. The average Bonchev–Trinajstić information content (AvgIpc) is 3.25. The number of hydrogen-bond donors (Lipinski definition) is 0. The molecule has 0 atom stereocenters. The number of imidazole rings is 1. The Morgan fingerprint density at radius 3 is 2.58 bits per heavy atom. The van der Waals surface area contributed by atoms with Gasteiger partial charge in [-0.15, -0.1) is 0 Å². The highest BCUT2D eigenvalue weighted by Gasteiger charge is 2.19. The minimum atomic E-state index is 0.897. The van der Waals surface area contributed by atoms with Gasteiger partial charge in [-0.2, -0.15) is 10.2 Å². The molecule has 4 aromatic heterocycles. The molecule has 4 heterocycles. The number of fused-ring (bicyclic) bond motifs is 2. The Labute approximate surface area is 141 Å². The molecule has 0 bridgehead atoms. The molecule has 0 saturated carbocycles. The lowest BCUT2D eigenvalue weighted by molar-refractivity contribution is 0.946. The van der Waals surface area contributed by atoms with Gasteiger partial charge in [0.15, 0.2) is 0 Å². The third-order valence-corrected chi connectivity index (χ3v) is 4.83. The van der Waals surface area contributed by atoms with Crippen molar-refractivity contribution in [3.63, 3.8) is 0 Å². The molecule has 6 heteroatoms. The van der Waals surface area contributed by atoms with Crippen LogP contribution in [0.3, 0.4) is 0 Å². The number of pyridine rings is 1. The van der Waals surface area contributed by atoms with Crippen molar-refractivity contribution in [3.05, 3.63) is 65.9 Å². The van der Waals surface area contributed by atoms with Gasteiger partial charge < -0.3 is 0 Å². The van der Waals surface area contributed by atoms with Crippen molar-refractivity contribution in [3.8, 4) is 22.5 Å². The second-order valence-electron chi connectivity index (χ2n) is 5.59. The number of benzene rings is 1. The Balaban J connectivity index is 1.83. The number of hydrogen-bond acceptors (Lipinski definition) is 4. The van der Waals surface area contributed by atoms with Crippen LogP contribution in [0.25, 0.3) is 33.0 Å². The Morgan fingerprint density at radius 1 is 0.917 bits per heavy atom. The highest BCUT2D eigenvalue weighted by Crippen LogP contribution is 2.35. The zero-order valence-corrected chi connectivity index (χ0v) is 13.7. The van der Waals surface area contributed by atoms with Crippen LogP contribution >= 0.6 is 11.3 Å².